The Kier molecular flexibility index (Phi) is 5.34. The van der Waals surface area contributed by atoms with Gasteiger partial charge in [0, 0.05) is 24.9 Å². The Morgan fingerprint density at radius 2 is 1.71 bits per heavy atom. The monoisotopic (exact) mass is 328 g/mol. The molecule has 1 amide bonds. The lowest BCUT2D eigenvalue weighted by Crippen LogP contribution is -2.51. The third-order valence-electron chi connectivity index (χ3n) is 5.61. The van der Waals surface area contributed by atoms with E-state index < -0.39 is 0 Å². The summed E-state index contributed by atoms with van der Waals surface area (Å²) in [6.45, 7) is 0.484. The van der Waals surface area contributed by atoms with E-state index in [0.717, 1.165) is 44.1 Å². The topological polar surface area (TPSA) is 72.2 Å². The fourth-order valence-electron chi connectivity index (χ4n) is 4.07. The van der Waals surface area contributed by atoms with Crippen LogP contribution in [-0.2, 0) is 17.6 Å². The number of aryl methyl sites for hydroxylation is 2. The first-order valence-corrected chi connectivity index (χ1v) is 9.28. The maximum atomic E-state index is 12.4. The smallest absolute Gasteiger partial charge is 0.220 e. The van der Waals surface area contributed by atoms with Crippen molar-refractivity contribution in [1.29, 1.82) is 0 Å². The Labute approximate surface area is 144 Å². The summed E-state index contributed by atoms with van der Waals surface area (Å²) in [7, 11) is 0. The van der Waals surface area contributed by atoms with Crippen molar-refractivity contribution in [3.05, 3.63) is 34.9 Å². The van der Waals surface area contributed by atoms with Crippen LogP contribution in [0.2, 0.25) is 0 Å². The Bertz CT molecular complexity index is 618. The number of hydrogen-bond donors (Lipinski definition) is 2. The number of Topliss-reactive ketones (excluding diaryl/α,β-unsaturated/α-hetero) is 1. The summed E-state index contributed by atoms with van der Waals surface area (Å²) in [5, 5.41) is 3.08. The number of benzene rings is 1. The van der Waals surface area contributed by atoms with Crippen LogP contribution < -0.4 is 11.1 Å². The predicted molar refractivity (Wildman–Crippen MR) is 95.0 cm³/mol. The van der Waals surface area contributed by atoms with Gasteiger partial charge in [0.05, 0.1) is 5.54 Å². The number of hydrogen-bond acceptors (Lipinski definition) is 3. The van der Waals surface area contributed by atoms with E-state index in [9.17, 15) is 9.59 Å². The average Bonchev–Trinajstić information content (AvgIpc) is 3.08. The number of carbonyl (C=O) groups excluding carboxylic acids is 2. The van der Waals surface area contributed by atoms with Gasteiger partial charge in [0.25, 0.3) is 0 Å². The van der Waals surface area contributed by atoms with Crippen molar-refractivity contribution >= 4 is 11.7 Å². The van der Waals surface area contributed by atoms with Crippen molar-refractivity contribution in [2.45, 2.75) is 69.7 Å². The Morgan fingerprint density at radius 1 is 1.00 bits per heavy atom. The lowest BCUT2D eigenvalue weighted by atomic mass is 9.89. The quantitative estimate of drug-likeness (QED) is 0.789. The molecule has 0 unspecified atom stereocenters. The van der Waals surface area contributed by atoms with E-state index in [1.54, 1.807) is 0 Å². The van der Waals surface area contributed by atoms with Crippen LogP contribution in [0.3, 0.4) is 0 Å². The van der Waals surface area contributed by atoms with Crippen molar-refractivity contribution in [2.75, 3.05) is 6.54 Å². The van der Waals surface area contributed by atoms with Crippen LogP contribution in [0.25, 0.3) is 0 Å². The molecule has 0 bridgehead atoms. The van der Waals surface area contributed by atoms with Gasteiger partial charge in [0.2, 0.25) is 5.91 Å². The summed E-state index contributed by atoms with van der Waals surface area (Å²) < 4.78 is 0. The van der Waals surface area contributed by atoms with E-state index in [1.807, 2.05) is 12.1 Å². The zero-order chi connectivity index (χ0) is 17.0. The molecule has 4 nitrogen and oxygen atoms in total. The van der Waals surface area contributed by atoms with E-state index in [4.69, 9.17) is 5.73 Å². The number of amides is 1. The highest BCUT2D eigenvalue weighted by atomic mass is 16.2. The largest absolute Gasteiger partial charge is 0.349 e. The molecule has 0 aliphatic heterocycles. The van der Waals surface area contributed by atoms with Crippen LogP contribution in [-0.4, -0.2) is 23.8 Å². The SMILES string of the molecule is NCC1(NC(=O)CCC(=O)c2ccc3c(c2)CCCC3)CCCC1. The number of ketones is 1. The summed E-state index contributed by atoms with van der Waals surface area (Å²) in [6, 6.07) is 6.04. The first-order chi connectivity index (χ1) is 11.6. The van der Waals surface area contributed by atoms with E-state index in [1.165, 1.54) is 24.0 Å². The number of rotatable bonds is 6. The standard InChI is InChI=1S/C20H28N2O2/c21-14-20(11-3-4-12-20)22-19(24)10-9-18(23)17-8-7-15-5-1-2-6-16(15)13-17/h7-8,13H,1-6,9-12,14,21H2,(H,22,24). The van der Waals surface area contributed by atoms with Gasteiger partial charge >= 0.3 is 0 Å². The van der Waals surface area contributed by atoms with Crippen LogP contribution in [0.4, 0.5) is 0 Å². The summed E-state index contributed by atoms with van der Waals surface area (Å²) in [5.41, 5.74) is 9.05. The minimum Gasteiger partial charge on any atom is -0.349 e. The van der Waals surface area contributed by atoms with E-state index in [2.05, 4.69) is 11.4 Å². The number of nitrogens with one attached hydrogen (secondary N) is 1. The van der Waals surface area contributed by atoms with Crippen molar-refractivity contribution in [2.24, 2.45) is 5.73 Å². The van der Waals surface area contributed by atoms with Crippen molar-refractivity contribution in [3.63, 3.8) is 0 Å². The molecule has 1 fully saturated rings. The van der Waals surface area contributed by atoms with Gasteiger partial charge in [-0.2, -0.15) is 0 Å². The molecule has 2 aliphatic rings. The Balaban J connectivity index is 1.54. The van der Waals surface area contributed by atoms with Crippen LogP contribution >= 0.6 is 0 Å². The highest BCUT2D eigenvalue weighted by Gasteiger charge is 2.33. The van der Waals surface area contributed by atoms with Crippen LogP contribution in [0.5, 0.6) is 0 Å². The molecule has 0 radical (unpaired) electrons. The van der Waals surface area contributed by atoms with E-state index in [0.29, 0.717) is 6.54 Å². The third kappa shape index (κ3) is 3.86. The molecule has 1 aromatic carbocycles. The molecule has 130 valence electrons. The lowest BCUT2D eigenvalue weighted by molar-refractivity contribution is -0.122. The van der Waals surface area contributed by atoms with Gasteiger partial charge in [-0.15, -0.1) is 0 Å². The second kappa shape index (κ2) is 7.47. The summed E-state index contributed by atoms with van der Waals surface area (Å²) in [4.78, 5) is 24.6. The van der Waals surface area contributed by atoms with Gasteiger partial charge in [-0.25, -0.2) is 0 Å². The predicted octanol–water partition coefficient (Wildman–Crippen LogP) is 2.92. The second-order valence-corrected chi connectivity index (χ2v) is 7.35. The lowest BCUT2D eigenvalue weighted by Gasteiger charge is -2.28. The minimum atomic E-state index is -0.230. The highest BCUT2D eigenvalue weighted by molar-refractivity contribution is 5.98. The van der Waals surface area contributed by atoms with Gasteiger partial charge in [0.1, 0.15) is 0 Å². The molecule has 1 aromatic rings. The fraction of sp³-hybridized carbons (Fsp3) is 0.600. The maximum absolute atomic E-state index is 12.4. The molecule has 2 aliphatic carbocycles. The van der Waals surface area contributed by atoms with Gasteiger partial charge in [-0.3, -0.25) is 9.59 Å². The Morgan fingerprint density at radius 3 is 2.42 bits per heavy atom. The fourth-order valence-corrected chi connectivity index (χ4v) is 4.07. The molecule has 4 heteroatoms. The van der Waals surface area contributed by atoms with Gasteiger partial charge in [0.15, 0.2) is 5.78 Å². The normalized spacial score (nSPS) is 18.9. The molecule has 3 rings (SSSR count). The van der Waals surface area contributed by atoms with Crippen LogP contribution in [0.1, 0.15) is 72.9 Å². The number of fused-ring (bicyclic) bond motifs is 1. The molecule has 0 saturated heterocycles. The maximum Gasteiger partial charge on any atom is 0.220 e. The molecular weight excluding hydrogens is 300 g/mol. The number of carbonyl (C=O) groups is 2. The van der Waals surface area contributed by atoms with Crippen LogP contribution in [0.15, 0.2) is 18.2 Å². The van der Waals surface area contributed by atoms with E-state index in [-0.39, 0.29) is 30.1 Å². The van der Waals surface area contributed by atoms with Gasteiger partial charge in [-0.1, -0.05) is 25.0 Å². The van der Waals surface area contributed by atoms with Crippen molar-refractivity contribution in [1.82, 2.24) is 5.32 Å². The molecular formula is C20H28N2O2. The van der Waals surface area contributed by atoms with Crippen molar-refractivity contribution < 1.29 is 9.59 Å². The summed E-state index contributed by atoms with van der Waals surface area (Å²) >= 11 is 0. The highest BCUT2D eigenvalue weighted by Crippen LogP contribution is 2.28. The Hall–Kier alpha value is -1.68. The molecule has 24 heavy (non-hydrogen) atoms. The first kappa shape index (κ1) is 17.2. The first-order valence-electron chi connectivity index (χ1n) is 9.28. The molecule has 0 heterocycles. The van der Waals surface area contributed by atoms with Crippen molar-refractivity contribution in [3.8, 4) is 0 Å². The van der Waals surface area contributed by atoms with Gasteiger partial charge < -0.3 is 11.1 Å². The van der Waals surface area contributed by atoms with Crippen LogP contribution in [0, 0.1) is 0 Å². The zero-order valence-electron chi connectivity index (χ0n) is 14.4. The molecule has 0 aromatic heterocycles. The molecule has 0 spiro atoms. The third-order valence-corrected chi connectivity index (χ3v) is 5.61. The number of nitrogens with two attached hydrogens (primary N) is 1. The average molecular weight is 328 g/mol. The zero-order valence-corrected chi connectivity index (χ0v) is 14.4. The van der Waals surface area contributed by atoms with Gasteiger partial charge in [-0.05, 0) is 55.7 Å². The summed E-state index contributed by atoms with van der Waals surface area (Å²) in [5.74, 6) is 0.0143. The molecule has 1 saturated carbocycles. The van der Waals surface area contributed by atoms with E-state index >= 15 is 0 Å². The minimum absolute atomic E-state index is 0.0475. The molecule has 0 atom stereocenters. The molecule has 3 N–H and O–H groups in total. The second-order valence-electron chi connectivity index (χ2n) is 7.35. The summed E-state index contributed by atoms with van der Waals surface area (Å²) in [6.07, 6.45) is 9.28.